The molecule has 0 saturated carbocycles. The number of halogens is 1. The monoisotopic (exact) mass is 388 g/mol. The molecule has 7 heteroatoms. The molecule has 3 aromatic rings. The van der Waals surface area contributed by atoms with Crippen molar-refractivity contribution in [3.63, 3.8) is 0 Å². The number of benzene rings is 2. The van der Waals surface area contributed by atoms with Crippen LogP contribution in [0.25, 0.3) is 11.0 Å². The van der Waals surface area contributed by atoms with Crippen LogP contribution in [-0.2, 0) is 16.1 Å². The van der Waals surface area contributed by atoms with E-state index in [0.29, 0.717) is 28.3 Å². The van der Waals surface area contributed by atoms with Crippen LogP contribution in [-0.4, -0.2) is 19.2 Å². The highest BCUT2D eigenvalue weighted by Gasteiger charge is 2.11. The smallest absolute Gasteiger partial charge is 0.344 e. The highest BCUT2D eigenvalue weighted by molar-refractivity contribution is 6.30. The molecule has 0 amide bonds. The Morgan fingerprint density at radius 1 is 1.11 bits per heavy atom. The predicted octanol–water partition coefficient (Wildman–Crippen LogP) is 3.97. The number of ether oxygens (including phenoxy) is 3. The Morgan fingerprint density at radius 2 is 1.96 bits per heavy atom. The Bertz CT molecular complexity index is 1010. The van der Waals surface area contributed by atoms with E-state index in [1.54, 1.807) is 31.2 Å². The molecule has 1 heterocycles. The minimum atomic E-state index is -0.589. The third-order valence-electron chi connectivity index (χ3n) is 3.62. The van der Waals surface area contributed by atoms with Gasteiger partial charge < -0.3 is 18.6 Å². The van der Waals surface area contributed by atoms with Gasteiger partial charge in [-0.3, -0.25) is 0 Å². The second kappa shape index (κ2) is 8.60. The van der Waals surface area contributed by atoms with Gasteiger partial charge in [-0.2, -0.15) is 0 Å². The molecule has 0 atom stereocenters. The molecule has 3 rings (SSSR count). The highest BCUT2D eigenvalue weighted by atomic mass is 35.5. The Labute approximate surface area is 160 Å². The first-order valence-electron chi connectivity index (χ1n) is 8.28. The molecule has 0 aliphatic carbocycles. The maximum Gasteiger partial charge on any atom is 0.344 e. The van der Waals surface area contributed by atoms with Crippen molar-refractivity contribution < 1.29 is 23.4 Å². The number of rotatable bonds is 7. The molecule has 0 N–H and O–H groups in total. The number of fused-ring (bicyclic) bond motifs is 1. The van der Waals surface area contributed by atoms with Gasteiger partial charge in [-0.15, -0.1) is 0 Å². The maximum absolute atomic E-state index is 11.8. The second-order valence-electron chi connectivity index (χ2n) is 5.60. The van der Waals surface area contributed by atoms with E-state index < -0.39 is 11.6 Å². The molecule has 0 spiro atoms. The lowest BCUT2D eigenvalue weighted by Crippen LogP contribution is -2.15. The summed E-state index contributed by atoms with van der Waals surface area (Å²) in [5.41, 5.74) is 0.619. The topological polar surface area (TPSA) is 75.0 Å². The van der Waals surface area contributed by atoms with E-state index in [0.717, 1.165) is 5.56 Å². The largest absolute Gasteiger partial charge is 0.489 e. The van der Waals surface area contributed by atoms with Crippen molar-refractivity contribution >= 4 is 28.5 Å². The lowest BCUT2D eigenvalue weighted by atomic mass is 10.2. The molecule has 0 fully saturated rings. The number of carbonyl (C=O) groups excluding carboxylic acids is 1. The van der Waals surface area contributed by atoms with Crippen molar-refractivity contribution in [2.45, 2.75) is 13.5 Å². The van der Waals surface area contributed by atoms with E-state index in [9.17, 15) is 9.59 Å². The van der Waals surface area contributed by atoms with Crippen molar-refractivity contribution in [3.05, 3.63) is 69.5 Å². The van der Waals surface area contributed by atoms with Gasteiger partial charge >= 0.3 is 11.6 Å². The fraction of sp³-hybridized carbons (Fsp3) is 0.200. The summed E-state index contributed by atoms with van der Waals surface area (Å²) in [5.74, 6) is 0.254. The van der Waals surface area contributed by atoms with Gasteiger partial charge in [-0.25, -0.2) is 9.59 Å². The predicted molar refractivity (Wildman–Crippen MR) is 100 cm³/mol. The zero-order valence-corrected chi connectivity index (χ0v) is 15.3. The van der Waals surface area contributed by atoms with Gasteiger partial charge in [-0.1, -0.05) is 23.7 Å². The lowest BCUT2D eigenvalue weighted by molar-refractivity contribution is -0.145. The zero-order chi connectivity index (χ0) is 19.2. The molecule has 0 radical (unpaired) electrons. The van der Waals surface area contributed by atoms with Crippen LogP contribution in [0.2, 0.25) is 5.02 Å². The van der Waals surface area contributed by atoms with Crippen LogP contribution >= 0.6 is 11.6 Å². The van der Waals surface area contributed by atoms with E-state index in [1.807, 2.05) is 18.2 Å². The van der Waals surface area contributed by atoms with Crippen LogP contribution in [0.15, 0.2) is 57.7 Å². The normalized spacial score (nSPS) is 10.6. The van der Waals surface area contributed by atoms with Gasteiger partial charge in [0, 0.05) is 11.1 Å². The van der Waals surface area contributed by atoms with Gasteiger partial charge in [-0.05, 0) is 36.8 Å². The first-order chi connectivity index (χ1) is 13.0. The number of hydrogen-bond donors (Lipinski definition) is 0. The third kappa shape index (κ3) is 5.01. The average Bonchev–Trinajstić information content (AvgIpc) is 2.64. The number of carbonyl (C=O) groups is 1. The Morgan fingerprint density at radius 3 is 2.74 bits per heavy atom. The van der Waals surface area contributed by atoms with Gasteiger partial charge in [0.2, 0.25) is 0 Å². The fourth-order valence-corrected chi connectivity index (χ4v) is 2.67. The fourth-order valence-electron chi connectivity index (χ4n) is 2.46. The standard InChI is InChI=1S/C20H17ClO6/c1-2-24-20(23)12-26-17-10-19(22)27-18-9-15(6-7-16(17)18)25-11-13-4-3-5-14(21)8-13/h3-10H,2,11-12H2,1H3. The Balaban J connectivity index is 1.78. The molecule has 0 aliphatic heterocycles. The summed E-state index contributed by atoms with van der Waals surface area (Å²) < 4.78 is 21.2. The third-order valence-corrected chi connectivity index (χ3v) is 3.86. The van der Waals surface area contributed by atoms with Crippen molar-refractivity contribution in [3.8, 4) is 11.5 Å². The summed E-state index contributed by atoms with van der Waals surface area (Å²) in [6, 6.07) is 13.5. The first-order valence-corrected chi connectivity index (χ1v) is 8.66. The van der Waals surface area contributed by atoms with E-state index in [2.05, 4.69) is 0 Å². The Hall–Kier alpha value is -2.99. The molecule has 140 valence electrons. The molecular formula is C20H17ClO6. The van der Waals surface area contributed by atoms with Crippen molar-refractivity contribution in [2.75, 3.05) is 13.2 Å². The van der Waals surface area contributed by atoms with Gasteiger partial charge in [0.25, 0.3) is 0 Å². The van der Waals surface area contributed by atoms with Crippen LogP contribution in [0.1, 0.15) is 12.5 Å². The quantitative estimate of drug-likeness (QED) is 0.450. The summed E-state index contributed by atoms with van der Waals surface area (Å²) in [4.78, 5) is 23.2. The summed E-state index contributed by atoms with van der Waals surface area (Å²) in [5, 5.41) is 1.18. The first kappa shape index (κ1) is 18.8. The molecule has 27 heavy (non-hydrogen) atoms. The maximum atomic E-state index is 11.8. The summed E-state index contributed by atoms with van der Waals surface area (Å²) >= 11 is 5.96. The van der Waals surface area contributed by atoms with Crippen molar-refractivity contribution in [1.82, 2.24) is 0 Å². The molecule has 2 aromatic carbocycles. The SMILES string of the molecule is CCOC(=O)COc1cc(=O)oc2cc(OCc3cccc(Cl)c3)ccc12. The summed E-state index contributed by atoms with van der Waals surface area (Å²) in [6.07, 6.45) is 0. The lowest BCUT2D eigenvalue weighted by Gasteiger charge is -2.10. The van der Waals surface area contributed by atoms with E-state index >= 15 is 0 Å². The number of esters is 1. The molecule has 0 bridgehead atoms. The molecule has 6 nitrogen and oxygen atoms in total. The second-order valence-corrected chi connectivity index (χ2v) is 6.04. The molecular weight excluding hydrogens is 372 g/mol. The average molecular weight is 389 g/mol. The highest BCUT2D eigenvalue weighted by Crippen LogP contribution is 2.28. The van der Waals surface area contributed by atoms with Gasteiger partial charge in [0.05, 0.1) is 18.1 Å². The molecule has 0 unspecified atom stereocenters. The van der Waals surface area contributed by atoms with E-state index in [1.165, 1.54) is 6.07 Å². The molecule has 1 aromatic heterocycles. The van der Waals surface area contributed by atoms with E-state index in [4.69, 9.17) is 30.2 Å². The summed E-state index contributed by atoms with van der Waals surface area (Å²) in [7, 11) is 0. The minimum absolute atomic E-state index is 0.246. The van der Waals surface area contributed by atoms with Crippen LogP contribution in [0, 0.1) is 0 Å². The molecule has 0 aliphatic rings. The molecule has 0 saturated heterocycles. The summed E-state index contributed by atoms with van der Waals surface area (Å²) in [6.45, 7) is 1.98. The van der Waals surface area contributed by atoms with Gasteiger partial charge in [0.15, 0.2) is 6.61 Å². The van der Waals surface area contributed by atoms with Crippen molar-refractivity contribution in [1.29, 1.82) is 0 Å². The van der Waals surface area contributed by atoms with E-state index in [-0.39, 0.29) is 19.0 Å². The Kier molecular flexibility index (Phi) is 5.98. The van der Waals surface area contributed by atoms with Gasteiger partial charge in [0.1, 0.15) is 23.7 Å². The number of hydrogen-bond acceptors (Lipinski definition) is 6. The van der Waals surface area contributed by atoms with Crippen molar-refractivity contribution in [2.24, 2.45) is 0 Å². The van der Waals surface area contributed by atoms with Crippen LogP contribution in [0.5, 0.6) is 11.5 Å². The van der Waals surface area contributed by atoms with Crippen LogP contribution in [0.4, 0.5) is 0 Å². The zero-order valence-electron chi connectivity index (χ0n) is 14.6. The van der Waals surface area contributed by atoms with Crippen LogP contribution < -0.4 is 15.1 Å². The minimum Gasteiger partial charge on any atom is -0.489 e. The van der Waals surface area contributed by atoms with Crippen LogP contribution in [0.3, 0.4) is 0 Å².